The van der Waals surface area contributed by atoms with Crippen molar-refractivity contribution in [1.82, 2.24) is 0 Å². The number of ketones is 1. The Bertz CT molecular complexity index is 530. The van der Waals surface area contributed by atoms with Crippen molar-refractivity contribution in [2.75, 3.05) is 0 Å². The number of carbonyl (C=O) groups is 3. The second kappa shape index (κ2) is 17.0. The molecule has 0 bridgehead atoms. The summed E-state index contributed by atoms with van der Waals surface area (Å²) < 4.78 is 0. The smallest absolute Gasteiger partial charge is 0.339 e. The second-order valence-corrected chi connectivity index (χ2v) is 8.02. The van der Waals surface area contributed by atoms with E-state index >= 15 is 0 Å². The van der Waals surface area contributed by atoms with Crippen LogP contribution in [0.15, 0.2) is 12.2 Å². The van der Waals surface area contributed by atoms with Gasteiger partial charge in [0.2, 0.25) is 5.60 Å². The predicted molar refractivity (Wildman–Crippen MR) is 115 cm³/mol. The molecule has 0 amide bonds. The number of aliphatic hydroxyl groups excluding tert-OH is 1. The minimum atomic E-state index is -3.00. The minimum absolute atomic E-state index is 0.0556. The van der Waals surface area contributed by atoms with Crippen molar-refractivity contribution in [3.8, 4) is 0 Å². The zero-order chi connectivity index (χ0) is 22.8. The maximum absolute atomic E-state index is 11.9. The predicted octanol–water partition coefficient (Wildman–Crippen LogP) is 4.24. The summed E-state index contributed by atoms with van der Waals surface area (Å²) >= 11 is 0. The van der Waals surface area contributed by atoms with Crippen molar-refractivity contribution in [1.29, 1.82) is 0 Å². The lowest BCUT2D eigenvalue weighted by Crippen LogP contribution is -2.54. The summed E-state index contributed by atoms with van der Waals surface area (Å²) in [7, 11) is 0. The normalized spacial score (nSPS) is 14.5. The highest BCUT2D eigenvalue weighted by Crippen LogP contribution is 2.20. The Morgan fingerprint density at radius 1 is 0.800 bits per heavy atom. The van der Waals surface area contributed by atoms with Crippen LogP contribution in [0.25, 0.3) is 0 Å². The molecule has 7 nitrogen and oxygen atoms in total. The first-order valence-corrected chi connectivity index (χ1v) is 11.3. The van der Waals surface area contributed by atoms with Gasteiger partial charge in [-0.3, -0.25) is 4.79 Å². The van der Waals surface area contributed by atoms with Gasteiger partial charge in [-0.1, -0.05) is 70.4 Å². The monoisotopic (exact) mass is 428 g/mol. The van der Waals surface area contributed by atoms with Crippen molar-refractivity contribution in [3.05, 3.63) is 12.2 Å². The summed E-state index contributed by atoms with van der Waals surface area (Å²) in [6.45, 7) is 2.22. The molecule has 2 atom stereocenters. The number of aliphatic hydroxyl groups is 2. The molecule has 0 rings (SSSR count). The van der Waals surface area contributed by atoms with E-state index in [-0.39, 0.29) is 6.42 Å². The van der Waals surface area contributed by atoms with E-state index in [0.717, 1.165) is 38.5 Å². The molecule has 0 aromatic rings. The number of hydrogen-bond acceptors (Lipinski definition) is 5. The highest BCUT2D eigenvalue weighted by molar-refractivity contribution is 5.93. The molecule has 7 heteroatoms. The van der Waals surface area contributed by atoms with Crippen LogP contribution >= 0.6 is 0 Å². The summed E-state index contributed by atoms with van der Waals surface area (Å²) in [6.07, 6.45) is 15.6. The van der Waals surface area contributed by atoms with Crippen molar-refractivity contribution in [2.24, 2.45) is 0 Å². The van der Waals surface area contributed by atoms with Gasteiger partial charge in [0, 0.05) is 12.8 Å². The molecule has 0 aromatic carbocycles. The van der Waals surface area contributed by atoms with Gasteiger partial charge in [-0.25, -0.2) is 9.59 Å². The van der Waals surface area contributed by atoms with Gasteiger partial charge < -0.3 is 20.4 Å². The Hall–Kier alpha value is -1.73. The maximum atomic E-state index is 11.9. The summed E-state index contributed by atoms with van der Waals surface area (Å²) in [6, 6.07) is 0. The van der Waals surface area contributed by atoms with Gasteiger partial charge in [-0.2, -0.15) is 0 Å². The Balaban J connectivity index is 3.77. The van der Waals surface area contributed by atoms with Crippen LogP contribution in [-0.2, 0) is 14.4 Å². The van der Waals surface area contributed by atoms with Gasteiger partial charge in [-0.15, -0.1) is 0 Å². The van der Waals surface area contributed by atoms with Gasteiger partial charge in [0.1, 0.15) is 5.78 Å². The first kappa shape index (κ1) is 28.3. The lowest BCUT2D eigenvalue weighted by atomic mass is 9.89. The summed E-state index contributed by atoms with van der Waals surface area (Å²) in [5.41, 5.74) is -3.00. The number of carboxylic acids is 2. The van der Waals surface area contributed by atoms with Crippen LogP contribution < -0.4 is 0 Å². The van der Waals surface area contributed by atoms with Crippen molar-refractivity contribution >= 4 is 17.7 Å². The zero-order valence-corrected chi connectivity index (χ0v) is 18.4. The van der Waals surface area contributed by atoms with E-state index in [1.807, 2.05) is 0 Å². The van der Waals surface area contributed by atoms with Crippen molar-refractivity contribution < 1.29 is 34.8 Å². The maximum Gasteiger partial charge on any atom is 0.339 e. The van der Waals surface area contributed by atoms with Crippen LogP contribution in [0.5, 0.6) is 0 Å². The van der Waals surface area contributed by atoms with E-state index in [4.69, 9.17) is 10.2 Å². The summed E-state index contributed by atoms with van der Waals surface area (Å²) in [4.78, 5) is 33.7. The standard InChI is InChI=1S/C23H40O7/c1-2-3-4-5-6-7-8-9-10-11-12-13-14-15-16-17-19(24)18-23(30,22(28)29)20(25)21(26)27/h9-10,20,25,30H,2-8,11-18H2,1H3,(H,26,27)(H,28,29)/b10-9-. The zero-order valence-electron chi connectivity index (χ0n) is 18.4. The average molecular weight is 429 g/mol. The molecular weight excluding hydrogens is 388 g/mol. The van der Waals surface area contributed by atoms with Crippen LogP contribution in [0, 0.1) is 0 Å². The first-order chi connectivity index (χ1) is 14.3. The third-order valence-corrected chi connectivity index (χ3v) is 5.24. The third kappa shape index (κ3) is 12.8. The second-order valence-electron chi connectivity index (χ2n) is 8.02. The van der Waals surface area contributed by atoms with Crippen LogP contribution in [-0.4, -0.2) is 49.9 Å². The number of allylic oxidation sites excluding steroid dienone is 2. The largest absolute Gasteiger partial charge is 0.479 e. The third-order valence-electron chi connectivity index (χ3n) is 5.24. The molecule has 174 valence electrons. The van der Waals surface area contributed by atoms with E-state index in [0.29, 0.717) is 6.42 Å². The number of carboxylic acid groups (broad SMARTS) is 2. The fraction of sp³-hybridized carbons (Fsp3) is 0.783. The highest BCUT2D eigenvalue weighted by Gasteiger charge is 2.49. The molecule has 0 saturated carbocycles. The molecular formula is C23H40O7. The molecule has 0 radical (unpaired) electrons. The van der Waals surface area contributed by atoms with Crippen LogP contribution in [0.1, 0.15) is 103 Å². The van der Waals surface area contributed by atoms with E-state index < -0.39 is 35.8 Å². The quantitative estimate of drug-likeness (QED) is 0.168. The van der Waals surface area contributed by atoms with Gasteiger partial charge in [0.15, 0.2) is 6.10 Å². The van der Waals surface area contributed by atoms with Gasteiger partial charge in [-0.05, 0) is 32.1 Å². The van der Waals surface area contributed by atoms with E-state index in [1.54, 1.807) is 0 Å². The van der Waals surface area contributed by atoms with E-state index in [2.05, 4.69) is 19.1 Å². The molecule has 0 aromatic heterocycles. The Kier molecular flexibility index (Phi) is 16.0. The Labute approximate surface area is 180 Å². The molecule has 0 aliphatic rings. The van der Waals surface area contributed by atoms with E-state index in [1.165, 1.54) is 38.5 Å². The molecule has 30 heavy (non-hydrogen) atoms. The Morgan fingerprint density at radius 2 is 1.27 bits per heavy atom. The highest BCUT2D eigenvalue weighted by atomic mass is 16.4. The summed E-state index contributed by atoms with van der Waals surface area (Å²) in [5.74, 6) is -4.37. The fourth-order valence-corrected chi connectivity index (χ4v) is 3.28. The topological polar surface area (TPSA) is 132 Å². The lowest BCUT2D eigenvalue weighted by molar-refractivity contribution is -0.185. The van der Waals surface area contributed by atoms with Crippen LogP contribution in [0.3, 0.4) is 0 Å². The van der Waals surface area contributed by atoms with Crippen LogP contribution in [0.2, 0.25) is 0 Å². The molecule has 0 heterocycles. The molecule has 0 aliphatic heterocycles. The number of carbonyl (C=O) groups excluding carboxylic acids is 1. The first-order valence-electron chi connectivity index (χ1n) is 11.3. The molecule has 0 fully saturated rings. The van der Waals surface area contributed by atoms with E-state index in [9.17, 15) is 24.6 Å². The molecule has 2 unspecified atom stereocenters. The Morgan fingerprint density at radius 3 is 1.73 bits per heavy atom. The summed E-state index contributed by atoms with van der Waals surface area (Å²) in [5, 5.41) is 36.9. The number of Topliss-reactive ketones (excluding diaryl/α,β-unsaturated/α-hetero) is 1. The molecule has 0 aliphatic carbocycles. The number of hydrogen-bond donors (Lipinski definition) is 4. The van der Waals surface area contributed by atoms with Gasteiger partial charge in [0.25, 0.3) is 0 Å². The van der Waals surface area contributed by atoms with Crippen LogP contribution in [0.4, 0.5) is 0 Å². The SMILES string of the molecule is CCCCCCCC/C=C\CCCCCCCC(=O)CC(O)(C(=O)O)C(O)C(=O)O. The average Bonchev–Trinajstić information content (AvgIpc) is 2.69. The van der Waals surface area contributed by atoms with Crippen molar-refractivity contribution in [3.63, 3.8) is 0 Å². The number of aliphatic carboxylic acids is 2. The molecule has 0 saturated heterocycles. The lowest BCUT2D eigenvalue weighted by Gasteiger charge is -2.25. The fourth-order valence-electron chi connectivity index (χ4n) is 3.28. The number of unbranched alkanes of at least 4 members (excludes halogenated alkanes) is 11. The number of rotatable bonds is 20. The molecule has 0 spiro atoms. The van der Waals surface area contributed by atoms with Gasteiger partial charge in [0.05, 0.1) is 0 Å². The minimum Gasteiger partial charge on any atom is -0.479 e. The molecule has 4 N–H and O–H groups in total. The van der Waals surface area contributed by atoms with Gasteiger partial charge >= 0.3 is 11.9 Å². The van der Waals surface area contributed by atoms with Crippen molar-refractivity contribution in [2.45, 2.75) is 115 Å².